The van der Waals surface area contributed by atoms with Crippen molar-refractivity contribution in [2.75, 3.05) is 6.54 Å². The summed E-state index contributed by atoms with van der Waals surface area (Å²) in [6.07, 6.45) is 3.38. The van der Waals surface area contributed by atoms with E-state index in [4.69, 9.17) is 10.6 Å². The van der Waals surface area contributed by atoms with Gasteiger partial charge in [0.25, 0.3) is 0 Å². The number of hydrogen-bond donors (Lipinski definition) is 2. The molecule has 0 saturated heterocycles. The summed E-state index contributed by atoms with van der Waals surface area (Å²) in [5.74, 6) is 5.00. The molecule has 0 bridgehead atoms. The van der Waals surface area contributed by atoms with Crippen molar-refractivity contribution in [3.63, 3.8) is 0 Å². The van der Waals surface area contributed by atoms with Crippen molar-refractivity contribution < 1.29 is 9.53 Å². The van der Waals surface area contributed by atoms with Crippen LogP contribution in [0.3, 0.4) is 0 Å². The first-order valence-electron chi connectivity index (χ1n) is 5.11. The molecule has 84 valence electrons. The third-order valence-electron chi connectivity index (χ3n) is 1.62. The van der Waals surface area contributed by atoms with E-state index in [0.29, 0.717) is 6.42 Å². The second-order valence-corrected chi connectivity index (χ2v) is 4.35. The van der Waals surface area contributed by atoms with E-state index in [1.807, 2.05) is 20.8 Å². The first-order chi connectivity index (χ1) is 6.45. The molecule has 0 saturated carbocycles. The van der Waals surface area contributed by atoms with Crippen LogP contribution in [0.4, 0.5) is 0 Å². The van der Waals surface area contributed by atoms with Gasteiger partial charge in [-0.2, -0.15) is 0 Å². The van der Waals surface area contributed by atoms with Crippen molar-refractivity contribution >= 4 is 5.97 Å². The number of carbonyl (C=O) groups excluding carboxylic acids is 1. The van der Waals surface area contributed by atoms with Gasteiger partial charge in [0.2, 0.25) is 0 Å². The molecule has 0 radical (unpaired) electrons. The lowest BCUT2D eigenvalue weighted by Gasteiger charge is -2.19. The van der Waals surface area contributed by atoms with Crippen LogP contribution in [0, 0.1) is 0 Å². The summed E-state index contributed by atoms with van der Waals surface area (Å²) in [7, 11) is 0. The van der Waals surface area contributed by atoms with Gasteiger partial charge in [-0.25, -0.2) is 0 Å². The number of hydrazine groups is 1. The van der Waals surface area contributed by atoms with Gasteiger partial charge in [-0.1, -0.05) is 6.42 Å². The van der Waals surface area contributed by atoms with Crippen molar-refractivity contribution in [2.45, 2.75) is 52.1 Å². The van der Waals surface area contributed by atoms with Crippen LogP contribution in [0.5, 0.6) is 0 Å². The standard InChI is InChI=1S/C10H22N2O2/c1-10(2,3)14-9(13)7-5-4-6-8-12-11/h12H,4-8,11H2,1-3H3. The highest BCUT2D eigenvalue weighted by molar-refractivity contribution is 5.69. The zero-order valence-corrected chi connectivity index (χ0v) is 9.43. The lowest BCUT2D eigenvalue weighted by atomic mass is 10.1. The summed E-state index contributed by atoms with van der Waals surface area (Å²) in [6.45, 7) is 6.43. The highest BCUT2D eigenvalue weighted by Crippen LogP contribution is 2.10. The molecule has 0 aliphatic rings. The Balaban J connectivity index is 3.36. The number of nitrogens with one attached hydrogen (secondary N) is 1. The summed E-state index contributed by atoms with van der Waals surface area (Å²) in [5.41, 5.74) is 2.21. The van der Waals surface area contributed by atoms with Gasteiger partial charge >= 0.3 is 5.97 Å². The van der Waals surface area contributed by atoms with Crippen LogP contribution in [0.25, 0.3) is 0 Å². The quantitative estimate of drug-likeness (QED) is 0.295. The summed E-state index contributed by atoms with van der Waals surface area (Å²) in [5, 5.41) is 0. The number of esters is 1. The molecule has 0 rings (SSSR count). The monoisotopic (exact) mass is 202 g/mol. The average Bonchev–Trinajstić information content (AvgIpc) is 2.00. The maximum Gasteiger partial charge on any atom is 0.306 e. The molecule has 0 fully saturated rings. The van der Waals surface area contributed by atoms with Crippen LogP contribution in [-0.2, 0) is 9.53 Å². The van der Waals surface area contributed by atoms with E-state index in [2.05, 4.69) is 5.43 Å². The maximum atomic E-state index is 11.2. The molecule has 0 aromatic carbocycles. The minimum Gasteiger partial charge on any atom is -0.460 e. The number of hydrogen-bond acceptors (Lipinski definition) is 4. The van der Waals surface area contributed by atoms with Crippen LogP contribution in [0.2, 0.25) is 0 Å². The molecule has 0 aromatic heterocycles. The van der Waals surface area contributed by atoms with Gasteiger partial charge in [-0.3, -0.25) is 16.1 Å². The van der Waals surface area contributed by atoms with Crippen molar-refractivity contribution in [2.24, 2.45) is 5.84 Å². The summed E-state index contributed by atoms with van der Waals surface area (Å²) >= 11 is 0. The third-order valence-corrected chi connectivity index (χ3v) is 1.62. The molecule has 0 spiro atoms. The smallest absolute Gasteiger partial charge is 0.306 e. The molecule has 0 atom stereocenters. The first-order valence-corrected chi connectivity index (χ1v) is 5.11. The molecule has 3 N–H and O–H groups in total. The average molecular weight is 202 g/mol. The molecular formula is C10H22N2O2. The van der Waals surface area contributed by atoms with Gasteiger partial charge in [0.15, 0.2) is 0 Å². The maximum absolute atomic E-state index is 11.2. The second-order valence-electron chi connectivity index (χ2n) is 4.35. The van der Waals surface area contributed by atoms with Crippen molar-refractivity contribution in [3.05, 3.63) is 0 Å². The Morgan fingerprint density at radius 1 is 1.29 bits per heavy atom. The molecule has 4 nitrogen and oxygen atoms in total. The zero-order chi connectivity index (χ0) is 11.0. The van der Waals surface area contributed by atoms with E-state index in [0.717, 1.165) is 25.8 Å². The molecule has 0 aliphatic heterocycles. The summed E-state index contributed by atoms with van der Waals surface area (Å²) < 4.78 is 5.16. The number of ether oxygens (including phenoxy) is 1. The normalized spacial score (nSPS) is 11.4. The van der Waals surface area contributed by atoms with Crippen LogP contribution in [0.15, 0.2) is 0 Å². The van der Waals surface area contributed by atoms with Gasteiger partial charge in [0.05, 0.1) is 0 Å². The minimum atomic E-state index is -0.365. The molecular weight excluding hydrogens is 180 g/mol. The molecule has 0 aromatic rings. The Labute approximate surface area is 86.2 Å². The van der Waals surface area contributed by atoms with Gasteiger partial charge in [-0.15, -0.1) is 0 Å². The van der Waals surface area contributed by atoms with Gasteiger partial charge < -0.3 is 4.74 Å². The first kappa shape index (κ1) is 13.4. The fourth-order valence-corrected chi connectivity index (χ4v) is 1.07. The fraction of sp³-hybridized carbons (Fsp3) is 0.900. The van der Waals surface area contributed by atoms with Crippen molar-refractivity contribution in [3.8, 4) is 0 Å². The lowest BCUT2D eigenvalue weighted by molar-refractivity contribution is -0.154. The van der Waals surface area contributed by atoms with Crippen LogP contribution in [-0.4, -0.2) is 18.1 Å². The van der Waals surface area contributed by atoms with E-state index < -0.39 is 0 Å². The zero-order valence-electron chi connectivity index (χ0n) is 9.43. The van der Waals surface area contributed by atoms with Crippen LogP contribution in [0.1, 0.15) is 46.5 Å². The van der Waals surface area contributed by atoms with Gasteiger partial charge in [0.1, 0.15) is 5.60 Å². The van der Waals surface area contributed by atoms with Crippen LogP contribution < -0.4 is 11.3 Å². The SMILES string of the molecule is CC(C)(C)OC(=O)CCCCCNN. The van der Waals surface area contributed by atoms with E-state index >= 15 is 0 Å². The molecule has 14 heavy (non-hydrogen) atoms. The van der Waals surface area contributed by atoms with E-state index in [-0.39, 0.29) is 11.6 Å². The number of nitrogens with two attached hydrogens (primary N) is 1. The van der Waals surface area contributed by atoms with E-state index in [1.165, 1.54) is 0 Å². The predicted molar refractivity (Wildman–Crippen MR) is 56.5 cm³/mol. The molecule has 0 unspecified atom stereocenters. The number of unbranched alkanes of at least 4 members (excludes halogenated alkanes) is 2. The fourth-order valence-electron chi connectivity index (χ4n) is 1.07. The Morgan fingerprint density at radius 3 is 2.43 bits per heavy atom. The third kappa shape index (κ3) is 9.48. The Kier molecular flexibility index (Phi) is 6.49. The summed E-state index contributed by atoms with van der Waals surface area (Å²) in [4.78, 5) is 11.2. The Bertz CT molecular complexity index is 164. The second kappa shape index (κ2) is 6.79. The van der Waals surface area contributed by atoms with Gasteiger partial charge in [0, 0.05) is 13.0 Å². The number of rotatable bonds is 6. The largest absolute Gasteiger partial charge is 0.460 e. The highest BCUT2D eigenvalue weighted by atomic mass is 16.6. The van der Waals surface area contributed by atoms with Crippen molar-refractivity contribution in [1.29, 1.82) is 0 Å². The Morgan fingerprint density at radius 2 is 1.93 bits per heavy atom. The van der Waals surface area contributed by atoms with Crippen LogP contribution >= 0.6 is 0 Å². The highest BCUT2D eigenvalue weighted by Gasteiger charge is 2.15. The van der Waals surface area contributed by atoms with E-state index in [1.54, 1.807) is 0 Å². The molecule has 0 aliphatic carbocycles. The predicted octanol–water partition coefficient (Wildman–Crippen LogP) is 1.35. The topological polar surface area (TPSA) is 64.3 Å². The lowest BCUT2D eigenvalue weighted by Crippen LogP contribution is -2.24. The minimum absolute atomic E-state index is 0.113. The summed E-state index contributed by atoms with van der Waals surface area (Å²) in [6, 6.07) is 0. The van der Waals surface area contributed by atoms with Crippen molar-refractivity contribution in [1.82, 2.24) is 5.43 Å². The Hall–Kier alpha value is -0.610. The van der Waals surface area contributed by atoms with Gasteiger partial charge in [-0.05, 0) is 33.6 Å². The molecule has 0 amide bonds. The number of carbonyl (C=O) groups is 1. The molecule has 0 heterocycles. The van der Waals surface area contributed by atoms with E-state index in [9.17, 15) is 4.79 Å². The molecule has 4 heteroatoms.